The molecule has 2 rings (SSSR count). The Morgan fingerprint density at radius 1 is 1.47 bits per heavy atom. The van der Waals surface area contributed by atoms with E-state index in [9.17, 15) is 9.32 Å². The highest BCUT2D eigenvalue weighted by Crippen LogP contribution is 2.29. The highest BCUT2D eigenvalue weighted by molar-refractivity contribution is 7.85. The van der Waals surface area contributed by atoms with E-state index in [1.54, 1.807) is 0 Å². The number of aromatic nitrogens is 2. The fraction of sp³-hybridized carbons (Fsp3) is 0.636. The third-order valence-corrected chi connectivity index (χ3v) is 4.80. The molecule has 5 nitrogen and oxygen atoms in total. The number of hydrogen-bond acceptors (Lipinski definition) is 5. The summed E-state index contributed by atoms with van der Waals surface area (Å²) >= 11 is 11.5. The first-order chi connectivity index (χ1) is 9.15. The molecule has 106 valence electrons. The summed E-state index contributed by atoms with van der Waals surface area (Å²) in [6.07, 6.45) is 2.14. The number of rotatable bonds is 6. The van der Waals surface area contributed by atoms with E-state index >= 15 is 0 Å². The summed E-state index contributed by atoms with van der Waals surface area (Å²) in [5.41, 5.74) is 0.731. The first kappa shape index (κ1) is 15.0. The van der Waals surface area contributed by atoms with Crippen molar-refractivity contribution in [2.24, 2.45) is 0 Å². The molecule has 0 aliphatic carbocycles. The molecule has 0 amide bonds. The van der Waals surface area contributed by atoms with Crippen LogP contribution in [0.2, 0.25) is 5.28 Å². The van der Waals surface area contributed by atoms with Crippen molar-refractivity contribution in [1.82, 2.24) is 9.97 Å². The Morgan fingerprint density at radius 2 is 2.26 bits per heavy atom. The Kier molecular flexibility index (Phi) is 5.38. The van der Waals surface area contributed by atoms with Crippen molar-refractivity contribution in [2.75, 3.05) is 23.6 Å². The van der Waals surface area contributed by atoms with Gasteiger partial charge < -0.3 is 10.4 Å². The van der Waals surface area contributed by atoms with E-state index in [1.807, 2.05) is 0 Å². The molecule has 0 spiro atoms. The summed E-state index contributed by atoms with van der Waals surface area (Å²) in [4.78, 5) is 8.81. The molecule has 19 heavy (non-hydrogen) atoms. The van der Waals surface area contributed by atoms with Crippen LogP contribution in [0, 0.1) is 0 Å². The molecule has 0 fully saturated rings. The lowest BCUT2D eigenvalue weighted by atomic mass is 10.2. The van der Waals surface area contributed by atoms with Gasteiger partial charge in [-0.3, -0.25) is 4.21 Å². The van der Waals surface area contributed by atoms with Gasteiger partial charge in [0.05, 0.1) is 29.1 Å². The molecule has 2 heterocycles. The van der Waals surface area contributed by atoms with Gasteiger partial charge in [0, 0.05) is 18.1 Å². The molecular formula is C11H15Cl2N3O2S. The average molecular weight is 324 g/mol. The van der Waals surface area contributed by atoms with Crippen LogP contribution >= 0.6 is 23.2 Å². The van der Waals surface area contributed by atoms with Gasteiger partial charge in [-0.05, 0) is 24.4 Å². The van der Waals surface area contributed by atoms with Crippen LogP contribution in [0.25, 0.3) is 0 Å². The zero-order chi connectivity index (χ0) is 13.8. The monoisotopic (exact) mass is 323 g/mol. The van der Waals surface area contributed by atoms with Gasteiger partial charge in [0.25, 0.3) is 0 Å². The summed E-state index contributed by atoms with van der Waals surface area (Å²) in [6, 6.07) is -0.175. The number of hydrogen-bond donors (Lipinski definition) is 2. The third-order valence-electron chi connectivity index (χ3n) is 2.91. The predicted molar refractivity (Wildman–Crippen MR) is 76.5 cm³/mol. The van der Waals surface area contributed by atoms with Gasteiger partial charge in [-0.1, -0.05) is 0 Å². The van der Waals surface area contributed by atoms with Crippen LogP contribution in [0.3, 0.4) is 0 Å². The summed E-state index contributed by atoms with van der Waals surface area (Å²) in [7, 11) is -1.10. The quantitative estimate of drug-likeness (QED) is 0.614. The van der Waals surface area contributed by atoms with Crippen LogP contribution in [-0.4, -0.2) is 43.6 Å². The standard InChI is InChI=1S/C11H15Cl2N3O2S/c12-4-1-2-7(6-17)14-10-9-8(3-5-19(9)18)15-11(13)16-10/h7,17H,1-6H2,(H,14,15,16). The number of fused-ring (bicyclic) bond motifs is 1. The molecule has 0 bridgehead atoms. The van der Waals surface area contributed by atoms with Crippen LogP contribution in [0.4, 0.5) is 5.82 Å². The van der Waals surface area contributed by atoms with E-state index in [0.29, 0.717) is 35.2 Å². The molecule has 2 atom stereocenters. The first-order valence-electron chi connectivity index (χ1n) is 6.04. The van der Waals surface area contributed by atoms with E-state index < -0.39 is 10.8 Å². The minimum absolute atomic E-state index is 0.0417. The van der Waals surface area contributed by atoms with Gasteiger partial charge in [-0.25, -0.2) is 4.98 Å². The summed E-state index contributed by atoms with van der Waals surface area (Å²) in [6.45, 7) is -0.0417. The Morgan fingerprint density at radius 3 is 2.95 bits per heavy atom. The number of aliphatic hydroxyl groups excluding tert-OH is 1. The normalized spacial score (nSPS) is 19.2. The van der Waals surface area contributed by atoms with E-state index in [1.165, 1.54) is 0 Å². The Labute approximate surface area is 124 Å². The second-order valence-electron chi connectivity index (χ2n) is 4.27. The second kappa shape index (κ2) is 6.83. The number of alkyl halides is 1. The average Bonchev–Trinajstić information content (AvgIpc) is 2.75. The molecule has 8 heteroatoms. The molecule has 0 saturated carbocycles. The Hall–Kier alpha value is -0.430. The molecule has 1 aromatic heterocycles. The number of nitrogens with zero attached hydrogens (tertiary/aromatic N) is 2. The number of halogens is 2. The maximum atomic E-state index is 11.9. The van der Waals surface area contributed by atoms with Crippen molar-refractivity contribution in [3.63, 3.8) is 0 Å². The van der Waals surface area contributed by atoms with Crippen LogP contribution < -0.4 is 5.32 Å². The van der Waals surface area contributed by atoms with Crippen molar-refractivity contribution in [1.29, 1.82) is 0 Å². The van der Waals surface area contributed by atoms with Crippen molar-refractivity contribution in [3.05, 3.63) is 11.0 Å². The molecule has 0 aromatic carbocycles. The molecule has 0 radical (unpaired) electrons. The molecule has 2 N–H and O–H groups in total. The Bertz CT molecular complexity index is 487. The summed E-state index contributed by atoms with van der Waals surface area (Å²) in [5, 5.41) is 12.6. The van der Waals surface area contributed by atoms with Crippen molar-refractivity contribution in [3.8, 4) is 0 Å². The fourth-order valence-electron chi connectivity index (χ4n) is 1.99. The van der Waals surface area contributed by atoms with Crippen molar-refractivity contribution in [2.45, 2.75) is 30.2 Å². The van der Waals surface area contributed by atoms with Gasteiger partial charge in [-0.2, -0.15) is 4.98 Å². The highest BCUT2D eigenvalue weighted by Gasteiger charge is 2.26. The molecule has 2 unspecified atom stereocenters. The van der Waals surface area contributed by atoms with Gasteiger partial charge in [-0.15, -0.1) is 11.6 Å². The fourth-order valence-corrected chi connectivity index (χ4v) is 3.65. The maximum absolute atomic E-state index is 11.9. The third kappa shape index (κ3) is 3.56. The zero-order valence-electron chi connectivity index (χ0n) is 10.2. The van der Waals surface area contributed by atoms with Crippen LogP contribution in [0.1, 0.15) is 18.5 Å². The lowest BCUT2D eigenvalue weighted by Gasteiger charge is -2.18. The zero-order valence-corrected chi connectivity index (χ0v) is 12.6. The summed E-state index contributed by atoms with van der Waals surface area (Å²) in [5.74, 6) is 1.55. The number of anilines is 1. The van der Waals surface area contributed by atoms with Crippen LogP contribution in [0.5, 0.6) is 0 Å². The Balaban J connectivity index is 2.22. The van der Waals surface area contributed by atoms with Crippen LogP contribution in [-0.2, 0) is 17.2 Å². The minimum atomic E-state index is -1.10. The lowest BCUT2D eigenvalue weighted by Crippen LogP contribution is -2.25. The summed E-state index contributed by atoms with van der Waals surface area (Å²) < 4.78 is 11.9. The number of aryl methyl sites for hydroxylation is 1. The van der Waals surface area contributed by atoms with Crippen molar-refractivity contribution < 1.29 is 9.32 Å². The smallest absolute Gasteiger partial charge is 0.224 e. The van der Waals surface area contributed by atoms with E-state index in [4.69, 9.17) is 23.2 Å². The molecule has 0 saturated heterocycles. The van der Waals surface area contributed by atoms with E-state index in [0.717, 1.165) is 12.1 Å². The van der Waals surface area contributed by atoms with Gasteiger partial charge >= 0.3 is 0 Å². The topological polar surface area (TPSA) is 75.1 Å². The SMILES string of the molecule is O=S1CCc2nc(Cl)nc(NC(CO)CCCCl)c21. The molecular weight excluding hydrogens is 309 g/mol. The second-order valence-corrected chi connectivity index (χ2v) is 6.50. The van der Waals surface area contributed by atoms with Crippen LogP contribution in [0.15, 0.2) is 4.90 Å². The first-order valence-corrected chi connectivity index (χ1v) is 8.27. The van der Waals surface area contributed by atoms with E-state index in [-0.39, 0.29) is 17.9 Å². The highest BCUT2D eigenvalue weighted by atomic mass is 35.5. The van der Waals surface area contributed by atoms with Gasteiger partial charge in [0.1, 0.15) is 10.7 Å². The molecule has 1 aliphatic heterocycles. The van der Waals surface area contributed by atoms with E-state index in [2.05, 4.69) is 15.3 Å². The molecule has 1 aliphatic rings. The van der Waals surface area contributed by atoms with Gasteiger partial charge in [0.2, 0.25) is 5.28 Å². The van der Waals surface area contributed by atoms with Gasteiger partial charge in [0.15, 0.2) is 0 Å². The predicted octanol–water partition coefficient (Wildman–Crippen LogP) is 1.59. The number of nitrogens with one attached hydrogen (secondary N) is 1. The largest absolute Gasteiger partial charge is 0.394 e. The minimum Gasteiger partial charge on any atom is -0.394 e. The lowest BCUT2D eigenvalue weighted by molar-refractivity contribution is 0.268. The maximum Gasteiger partial charge on any atom is 0.224 e. The van der Waals surface area contributed by atoms with Crippen molar-refractivity contribution >= 4 is 39.8 Å². The number of aliphatic hydroxyl groups is 1. The molecule has 1 aromatic rings.